The Bertz CT molecular complexity index is 601. The summed E-state index contributed by atoms with van der Waals surface area (Å²) in [6.07, 6.45) is 3.63. The molecule has 1 aliphatic rings. The molecule has 0 radical (unpaired) electrons. The molecule has 0 aliphatic heterocycles. The standard InChI is InChI=1S/C14H12BrNOS/c1-8-7-11(18-14(8)15)13(17)10-5-4-9-3-2-6-16-12(9)10/h2-3,6-7,10H,4-5H2,1H3. The first kappa shape index (κ1) is 12.1. The Labute approximate surface area is 118 Å². The topological polar surface area (TPSA) is 30.0 Å². The van der Waals surface area contributed by atoms with Crippen molar-refractivity contribution < 1.29 is 4.79 Å². The van der Waals surface area contributed by atoms with Crippen LogP contribution in [0.4, 0.5) is 0 Å². The second-order valence-corrected chi connectivity index (χ2v) is 6.94. The van der Waals surface area contributed by atoms with Gasteiger partial charge in [0.05, 0.1) is 20.3 Å². The van der Waals surface area contributed by atoms with Gasteiger partial charge in [-0.05, 0) is 59.0 Å². The van der Waals surface area contributed by atoms with Gasteiger partial charge in [-0.15, -0.1) is 11.3 Å². The molecule has 0 aromatic carbocycles. The second-order valence-electron chi connectivity index (χ2n) is 4.57. The highest BCUT2D eigenvalue weighted by molar-refractivity contribution is 9.11. The molecule has 0 spiro atoms. The molecule has 2 aromatic heterocycles. The lowest BCUT2D eigenvalue weighted by atomic mass is 10.00. The van der Waals surface area contributed by atoms with Crippen molar-refractivity contribution in [2.45, 2.75) is 25.7 Å². The van der Waals surface area contributed by atoms with Crippen molar-refractivity contribution in [2.75, 3.05) is 0 Å². The fourth-order valence-corrected chi connectivity index (χ4v) is 3.95. The molecule has 0 amide bonds. The van der Waals surface area contributed by atoms with Gasteiger partial charge < -0.3 is 0 Å². The number of hydrogen-bond acceptors (Lipinski definition) is 3. The lowest BCUT2D eigenvalue weighted by Crippen LogP contribution is -2.09. The Kier molecular flexibility index (Phi) is 3.08. The minimum atomic E-state index is -0.0499. The number of Topliss-reactive ketones (excluding diaryl/α,β-unsaturated/α-hetero) is 1. The minimum Gasteiger partial charge on any atom is -0.293 e. The number of ketones is 1. The number of nitrogens with zero attached hydrogens (tertiary/aromatic N) is 1. The third kappa shape index (κ3) is 1.93. The zero-order valence-corrected chi connectivity index (χ0v) is 12.3. The molecular formula is C14H12BrNOS. The number of halogens is 1. The van der Waals surface area contributed by atoms with E-state index in [1.165, 1.54) is 16.9 Å². The van der Waals surface area contributed by atoms with Crippen LogP contribution in [-0.2, 0) is 6.42 Å². The maximum Gasteiger partial charge on any atom is 0.181 e. The van der Waals surface area contributed by atoms with E-state index >= 15 is 0 Å². The van der Waals surface area contributed by atoms with Crippen molar-refractivity contribution in [3.05, 3.63) is 49.9 Å². The van der Waals surface area contributed by atoms with Gasteiger partial charge in [0.25, 0.3) is 0 Å². The molecule has 2 nitrogen and oxygen atoms in total. The summed E-state index contributed by atoms with van der Waals surface area (Å²) < 4.78 is 1.05. The summed E-state index contributed by atoms with van der Waals surface area (Å²) in [4.78, 5) is 17.7. The summed E-state index contributed by atoms with van der Waals surface area (Å²) in [5.74, 6) is 0.164. The summed E-state index contributed by atoms with van der Waals surface area (Å²) in [6.45, 7) is 2.01. The number of aryl methyl sites for hydroxylation is 2. The van der Waals surface area contributed by atoms with Gasteiger partial charge in [-0.25, -0.2) is 0 Å². The van der Waals surface area contributed by atoms with Crippen LogP contribution in [0.1, 0.15) is 38.8 Å². The fourth-order valence-electron chi connectivity index (χ4n) is 2.42. The largest absolute Gasteiger partial charge is 0.293 e. The molecule has 0 N–H and O–H groups in total. The van der Waals surface area contributed by atoms with Gasteiger partial charge in [0.1, 0.15) is 0 Å². The van der Waals surface area contributed by atoms with E-state index in [4.69, 9.17) is 0 Å². The third-order valence-corrected chi connectivity index (χ3v) is 5.53. The summed E-state index contributed by atoms with van der Waals surface area (Å²) >= 11 is 5.00. The van der Waals surface area contributed by atoms with Crippen LogP contribution in [-0.4, -0.2) is 10.8 Å². The highest BCUT2D eigenvalue weighted by Crippen LogP contribution is 2.37. The predicted molar refractivity (Wildman–Crippen MR) is 76.4 cm³/mol. The van der Waals surface area contributed by atoms with Crippen molar-refractivity contribution in [1.29, 1.82) is 0 Å². The summed E-state index contributed by atoms with van der Waals surface area (Å²) in [6, 6.07) is 5.99. The summed E-state index contributed by atoms with van der Waals surface area (Å²) in [7, 11) is 0. The summed E-state index contributed by atoms with van der Waals surface area (Å²) in [5, 5.41) is 0. The van der Waals surface area contributed by atoms with Crippen LogP contribution < -0.4 is 0 Å². The van der Waals surface area contributed by atoms with Crippen molar-refractivity contribution in [3.63, 3.8) is 0 Å². The van der Waals surface area contributed by atoms with Crippen molar-refractivity contribution >= 4 is 33.0 Å². The van der Waals surface area contributed by atoms with E-state index in [1.54, 1.807) is 6.20 Å². The maximum absolute atomic E-state index is 12.5. The van der Waals surface area contributed by atoms with Crippen LogP contribution in [0.15, 0.2) is 28.2 Å². The quantitative estimate of drug-likeness (QED) is 0.778. The van der Waals surface area contributed by atoms with Gasteiger partial charge in [0.15, 0.2) is 5.78 Å². The van der Waals surface area contributed by atoms with Gasteiger partial charge in [-0.2, -0.15) is 0 Å². The molecule has 0 saturated heterocycles. The lowest BCUT2D eigenvalue weighted by molar-refractivity contribution is 0.0962. The lowest BCUT2D eigenvalue weighted by Gasteiger charge is -2.07. The van der Waals surface area contributed by atoms with Crippen molar-refractivity contribution in [1.82, 2.24) is 4.98 Å². The minimum absolute atomic E-state index is 0.0499. The van der Waals surface area contributed by atoms with Crippen LogP contribution in [0, 0.1) is 6.92 Å². The van der Waals surface area contributed by atoms with Crippen molar-refractivity contribution in [3.8, 4) is 0 Å². The molecule has 18 heavy (non-hydrogen) atoms. The second kappa shape index (κ2) is 4.59. The highest BCUT2D eigenvalue weighted by atomic mass is 79.9. The predicted octanol–water partition coefficient (Wildman–Crippen LogP) is 4.13. The van der Waals surface area contributed by atoms with E-state index in [0.29, 0.717) is 0 Å². The Hall–Kier alpha value is -1.00. The smallest absolute Gasteiger partial charge is 0.181 e. The molecule has 0 bridgehead atoms. The Balaban J connectivity index is 1.95. The number of pyridine rings is 1. The van der Waals surface area contributed by atoms with E-state index in [1.807, 2.05) is 19.1 Å². The van der Waals surface area contributed by atoms with Crippen LogP contribution in [0.2, 0.25) is 0 Å². The average Bonchev–Trinajstić information content (AvgIpc) is 2.93. The van der Waals surface area contributed by atoms with E-state index in [9.17, 15) is 4.79 Å². The molecule has 0 fully saturated rings. The van der Waals surface area contributed by atoms with E-state index in [-0.39, 0.29) is 11.7 Å². The van der Waals surface area contributed by atoms with Crippen LogP contribution in [0.3, 0.4) is 0 Å². The monoisotopic (exact) mass is 321 g/mol. The molecule has 4 heteroatoms. The SMILES string of the molecule is Cc1cc(C(=O)C2CCc3cccnc32)sc1Br. The molecular weight excluding hydrogens is 310 g/mol. The fraction of sp³-hybridized carbons (Fsp3) is 0.286. The molecule has 92 valence electrons. The van der Waals surface area contributed by atoms with Gasteiger partial charge >= 0.3 is 0 Å². The average molecular weight is 322 g/mol. The zero-order valence-electron chi connectivity index (χ0n) is 9.94. The molecule has 1 unspecified atom stereocenters. The molecule has 1 atom stereocenters. The van der Waals surface area contributed by atoms with Crippen LogP contribution in [0.25, 0.3) is 0 Å². The summed E-state index contributed by atoms with van der Waals surface area (Å²) in [5.41, 5.74) is 3.33. The van der Waals surface area contributed by atoms with E-state index < -0.39 is 0 Å². The van der Waals surface area contributed by atoms with Crippen LogP contribution >= 0.6 is 27.3 Å². The Morgan fingerprint density at radius 1 is 1.56 bits per heavy atom. The molecule has 1 aliphatic carbocycles. The highest BCUT2D eigenvalue weighted by Gasteiger charge is 2.31. The molecule has 2 aromatic rings. The number of hydrogen-bond donors (Lipinski definition) is 0. The van der Waals surface area contributed by atoms with Gasteiger partial charge in [0, 0.05) is 6.20 Å². The van der Waals surface area contributed by atoms with Gasteiger partial charge in [0.2, 0.25) is 0 Å². The first-order valence-electron chi connectivity index (χ1n) is 5.91. The zero-order chi connectivity index (χ0) is 12.7. The van der Waals surface area contributed by atoms with Gasteiger partial charge in [-0.1, -0.05) is 6.07 Å². The number of aromatic nitrogens is 1. The van der Waals surface area contributed by atoms with Crippen molar-refractivity contribution in [2.24, 2.45) is 0 Å². The number of rotatable bonds is 2. The first-order valence-corrected chi connectivity index (χ1v) is 7.51. The Morgan fingerprint density at radius 2 is 2.39 bits per heavy atom. The number of thiophene rings is 1. The molecule has 3 rings (SSSR count). The number of carbonyl (C=O) groups excluding carboxylic acids is 1. The van der Waals surface area contributed by atoms with E-state index in [0.717, 1.165) is 32.8 Å². The third-order valence-electron chi connectivity index (χ3n) is 3.38. The maximum atomic E-state index is 12.5. The number of carbonyl (C=O) groups is 1. The molecule has 0 saturated carbocycles. The van der Waals surface area contributed by atoms with E-state index in [2.05, 4.69) is 27.0 Å². The first-order chi connectivity index (χ1) is 8.66. The van der Waals surface area contributed by atoms with Gasteiger partial charge in [-0.3, -0.25) is 9.78 Å². The number of fused-ring (bicyclic) bond motifs is 1. The Morgan fingerprint density at radius 3 is 3.11 bits per heavy atom. The van der Waals surface area contributed by atoms with Crippen LogP contribution in [0.5, 0.6) is 0 Å². The molecule has 2 heterocycles. The normalized spacial score (nSPS) is 17.8.